The van der Waals surface area contributed by atoms with Gasteiger partial charge >= 0.3 is 0 Å². The zero-order chi connectivity index (χ0) is 15.4. The summed E-state index contributed by atoms with van der Waals surface area (Å²) < 4.78 is 1.99. The molecular formula is C16H21Cl2N3. The quantitative estimate of drug-likeness (QED) is 0.852. The summed E-state index contributed by atoms with van der Waals surface area (Å²) in [6, 6.07) is 5.64. The van der Waals surface area contributed by atoms with E-state index in [0.717, 1.165) is 37.3 Å². The van der Waals surface area contributed by atoms with Gasteiger partial charge in [0.25, 0.3) is 0 Å². The topological polar surface area (TPSA) is 29.9 Å². The molecule has 0 aliphatic carbocycles. The number of rotatable bonds is 6. The van der Waals surface area contributed by atoms with E-state index in [2.05, 4.69) is 26.1 Å². The summed E-state index contributed by atoms with van der Waals surface area (Å²) in [5, 5.41) is 9.28. The van der Waals surface area contributed by atoms with E-state index in [1.54, 1.807) is 0 Å². The molecule has 3 nitrogen and oxygen atoms in total. The summed E-state index contributed by atoms with van der Waals surface area (Å²) in [7, 11) is 0. The highest BCUT2D eigenvalue weighted by Crippen LogP contribution is 2.27. The van der Waals surface area contributed by atoms with Gasteiger partial charge in [0, 0.05) is 17.8 Å². The van der Waals surface area contributed by atoms with Crippen LogP contribution in [0.5, 0.6) is 0 Å². The molecule has 21 heavy (non-hydrogen) atoms. The Morgan fingerprint density at radius 1 is 1.10 bits per heavy atom. The normalized spacial score (nSPS) is 11.1. The van der Waals surface area contributed by atoms with Gasteiger partial charge in [-0.25, -0.2) is 4.68 Å². The summed E-state index contributed by atoms with van der Waals surface area (Å²) in [6.45, 7) is 8.20. The predicted molar refractivity (Wildman–Crippen MR) is 89.7 cm³/mol. The number of nitrogens with zero attached hydrogens (tertiary/aromatic N) is 2. The second kappa shape index (κ2) is 7.30. The van der Waals surface area contributed by atoms with E-state index in [1.807, 2.05) is 22.9 Å². The monoisotopic (exact) mass is 325 g/mol. The number of hydrogen-bond donors (Lipinski definition) is 1. The van der Waals surface area contributed by atoms with Gasteiger partial charge in [-0.2, -0.15) is 5.10 Å². The van der Waals surface area contributed by atoms with Crippen LogP contribution >= 0.6 is 23.2 Å². The van der Waals surface area contributed by atoms with Crippen LogP contribution in [0.25, 0.3) is 5.69 Å². The van der Waals surface area contributed by atoms with Crippen LogP contribution in [0.3, 0.4) is 0 Å². The van der Waals surface area contributed by atoms with E-state index in [4.69, 9.17) is 28.3 Å². The molecule has 1 heterocycles. The number of hydrogen-bond acceptors (Lipinski definition) is 2. The maximum absolute atomic E-state index is 6.14. The lowest BCUT2D eigenvalue weighted by Crippen LogP contribution is -2.14. The van der Waals surface area contributed by atoms with Gasteiger partial charge in [-0.1, -0.05) is 44.0 Å². The molecule has 2 aromatic rings. The van der Waals surface area contributed by atoms with Crippen molar-refractivity contribution in [1.82, 2.24) is 15.1 Å². The molecule has 2 rings (SSSR count). The molecule has 0 radical (unpaired) electrons. The maximum Gasteiger partial charge on any atom is 0.0674 e. The zero-order valence-electron chi connectivity index (χ0n) is 12.7. The third-order valence-corrected chi connectivity index (χ3v) is 4.28. The molecule has 1 aromatic heterocycles. The van der Waals surface area contributed by atoms with Crippen LogP contribution in [0.4, 0.5) is 0 Å². The third kappa shape index (κ3) is 3.42. The minimum Gasteiger partial charge on any atom is -0.313 e. The van der Waals surface area contributed by atoms with Crippen molar-refractivity contribution >= 4 is 23.2 Å². The Labute approximate surface area is 136 Å². The second-order valence-corrected chi connectivity index (χ2v) is 5.68. The minimum atomic E-state index is 0.554. The van der Waals surface area contributed by atoms with Crippen molar-refractivity contribution in [3.63, 3.8) is 0 Å². The van der Waals surface area contributed by atoms with E-state index >= 15 is 0 Å². The molecule has 5 heteroatoms. The molecule has 0 aliphatic rings. The Hall–Kier alpha value is -1.03. The Kier molecular flexibility index (Phi) is 5.68. The Morgan fingerprint density at radius 2 is 1.86 bits per heavy atom. The van der Waals surface area contributed by atoms with Crippen LogP contribution in [0, 0.1) is 0 Å². The highest BCUT2D eigenvalue weighted by molar-refractivity contribution is 6.42. The molecule has 114 valence electrons. The summed E-state index contributed by atoms with van der Waals surface area (Å²) in [5.74, 6) is 0. The lowest BCUT2D eigenvalue weighted by molar-refractivity contribution is 0.712. The van der Waals surface area contributed by atoms with Gasteiger partial charge in [0.15, 0.2) is 0 Å². The van der Waals surface area contributed by atoms with Crippen LogP contribution in [0.1, 0.15) is 37.7 Å². The van der Waals surface area contributed by atoms with Gasteiger partial charge in [0.05, 0.1) is 21.4 Å². The molecule has 0 saturated heterocycles. The van der Waals surface area contributed by atoms with E-state index in [9.17, 15) is 0 Å². The Balaban J connectivity index is 2.52. The average Bonchev–Trinajstić information content (AvgIpc) is 2.85. The van der Waals surface area contributed by atoms with Gasteiger partial charge in [-0.05, 0) is 37.6 Å². The lowest BCUT2D eigenvalue weighted by atomic mass is 10.1. The fourth-order valence-corrected chi connectivity index (χ4v) is 2.76. The highest BCUT2D eigenvalue weighted by Gasteiger charge is 2.16. The van der Waals surface area contributed by atoms with E-state index in [1.165, 1.54) is 11.3 Å². The maximum atomic E-state index is 6.14. The Morgan fingerprint density at radius 3 is 2.43 bits per heavy atom. The van der Waals surface area contributed by atoms with Crippen molar-refractivity contribution in [2.45, 2.75) is 40.2 Å². The van der Waals surface area contributed by atoms with Crippen molar-refractivity contribution in [3.05, 3.63) is 45.2 Å². The number of benzene rings is 1. The van der Waals surface area contributed by atoms with E-state index in [0.29, 0.717) is 10.0 Å². The smallest absolute Gasteiger partial charge is 0.0674 e. The standard InChI is InChI=1S/C16H21Cl2N3/c1-4-15-12(10-19-6-3)16(5-2)21(20-15)11-7-8-13(17)14(18)9-11/h7-9,19H,4-6,10H2,1-3H3. The van der Waals surface area contributed by atoms with Crippen molar-refractivity contribution in [3.8, 4) is 5.69 Å². The molecule has 0 fully saturated rings. The van der Waals surface area contributed by atoms with Crippen LogP contribution in [0.2, 0.25) is 10.0 Å². The first-order valence-electron chi connectivity index (χ1n) is 7.38. The van der Waals surface area contributed by atoms with Gasteiger partial charge in [-0.3, -0.25) is 0 Å². The first kappa shape index (κ1) is 16.3. The molecule has 0 spiro atoms. The molecule has 0 unspecified atom stereocenters. The highest BCUT2D eigenvalue weighted by atomic mass is 35.5. The van der Waals surface area contributed by atoms with Crippen molar-refractivity contribution < 1.29 is 0 Å². The Bertz CT molecular complexity index is 620. The fourth-order valence-electron chi connectivity index (χ4n) is 2.47. The summed E-state index contributed by atoms with van der Waals surface area (Å²) in [4.78, 5) is 0. The SMILES string of the molecule is CCNCc1c(CC)nn(-c2ccc(Cl)c(Cl)c2)c1CC. The molecule has 0 bridgehead atoms. The number of aromatic nitrogens is 2. The van der Waals surface area contributed by atoms with Crippen LogP contribution in [-0.2, 0) is 19.4 Å². The second-order valence-electron chi connectivity index (χ2n) is 4.87. The van der Waals surface area contributed by atoms with Crippen LogP contribution in [-0.4, -0.2) is 16.3 Å². The summed E-state index contributed by atoms with van der Waals surface area (Å²) >= 11 is 12.1. The van der Waals surface area contributed by atoms with Gasteiger partial charge in [-0.15, -0.1) is 0 Å². The molecule has 0 amide bonds. The van der Waals surface area contributed by atoms with Gasteiger partial charge < -0.3 is 5.32 Å². The van der Waals surface area contributed by atoms with Crippen LogP contribution < -0.4 is 5.32 Å². The van der Waals surface area contributed by atoms with Crippen molar-refractivity contribution in [1.29, 1.82) is 0 Å². The molecule has 1 aromatic carbocycles. The molecule has 0 saturated carbocycles. The van der Waals surface area contributed by atoms with Crippen LogP contribution in [0.15, 0.2) is 18.2 Å². The first-order valence-corrected chi connectivity index (χ1v) is 8.13. The molecule has 0 aliphatic heterocycles. The zero-order valence-corrected chi connectivity index (χ0v) is 14.2. The van der Waals surface area contributed by atoms with E-state index in [-0.39, 0.29) is 0 Å². The average molecular weight is 326 g/mol. The molecule has 1 N–H and O–H groups in total. The lowest BCUT2D eigenvalue weighted by Gasteiger charge is -2.09. The predicted octanol–water partition coefficient (Wildman–Crippen LogP) is 4.41. The van der Waals surface area contributed by atoms with Crippen molar-refractivity contribution in [2.24, 2.45) is 0 Å². The van der Waals surface area contributed by atoms with Gasteiger partial charge in [0.1, 0.15) is 0 Å². The first-order chi connectivity index (χ1) is 10.1. The fraction of sp³-hybridized carbons (Fsp3) is 0.438. The van der Waals surface area contributed by atoms with Gasteiger partial charge in [0.2, 0.25) is 0 Å². The van der Waals surface area contributed by atoms with E-state index < -0.39 is 0 Å². The van der Waals surface area contributed by atoms with Crippen molar-refractivity contribution in [2.75, 3.05) is 6.54 Å². The number of aryl methyl sites for hydroxylation is 1. The molecule has 0 atom stereocenters. The minimum absolute atomic E-state index is 0.554. The third-order valence-electron chi connectivity index (χ3n) is 3.54. The summed E-state index contributed by atoms with van der Waals surface area (Å²) in [6.07, 6.45) is 1.84. The largest absolute Gasteiger partial charge is 0.313 e. The number of nitrogens with one attached hydrogen (secondary N) is 1. The summed E-state index contributed by atoms with van der Waals surface area (Å²) in [5.41, 5.74) is 4.62. The molecular weight excluding hydrogens is 305 g/mol. The number of halogens is 2.